The molecule has 4 nitrogen and oxygen atoms in total. The van der Waals surface area contributed by atoms with Gasteiger partial charge in [0.05, 0.1) is 27.7 Å². The Morgan fingerprint density at radius 2 is 1.81 bits per heavy atom. The molecule has 0 aromatic carbocycles. The Labute approximate surface area is 114 Å². The fourth-order valence-corrected chi connectivity index (χ4v) is 1.06. The Morgan fingerprint density at radius 3 is 2.12 bits per heavy atom. The molecule has 0 spiro atoms. The van der Waals surface area contributed by atoms with Crippen LogP contribution in [0.5, 0.6) is 0 Å². The predicted molar refractivity (Wildman–Crippen MR) is 64.2 cm³/mol. The van der Waals surface area contributed by atoms with Crippen LogP contribution in [0.4, 0.5) is 0 Å². The first kappa shape index (κ1) is 19.0. The van der Waals surface area contributed by atoms with Gasteiger partial charge in [-0.1, -0.05) is 6.42 Å². The molecule has 0 amide bonds. The van der Waals surface area contributed by atoms with Gasteiger partial charge in [-0.2, -0.15) is 0 Å². The summed E-state index contributed by atoms with van der Waals surface area (Å²) in [6, 6.07) is -0.938. The second kappa shape index (κ2) is 10.8. The number of carbonyl (C=O) groups is 1. The number of aliphatic carboxylic acids is 1. The second-order valence-corrected chi connectivity index (χ2v) is 7.73. The Morgan fingerprint density at radius 1 is 1.38 bits per heavy atom. The number of unbranched alkanes of at least 4 members (excludes halogenated alkanes) is 1. The van der Waals surface area contributed by atoms with Crippen LogP contribution in [0.3, 0.4) is 0 Å². The second-order valence-electron chi connectivity index (χ2n) is 4.45. The molecule has 102 valence electrons. The fraction of sp³-hybridized carbons (Fsp3) is 0.889. The molecule has 0 saturated carbocycles. The van der Waals surface area contributed by atoms with Crippen molar-refractivity contribution in [2.24, 2.45) is 0 Å². The number of quaternary nitrogens is 1. The molecular formula is C9H20Cl2N2O2Pt. The van der Waals surface area contributed by atoms with E-state index < -0.39 is 28.5 Å². The van der Waals surface area contributed by atoms with E-state index in [4.69, 9.17) is 29.7 Å². The summed E-state index contributed by atoms with van der Waals surface area (Å²) in [5.41, 5.74) is 7.16. The molecule has 0 rings (SSSR count). The molecule has 7 heteroatoms. The number of carboxylic acid groups (broad SMARTS) is 1. The normalized spacial score (nSPS) is 12.9. The molecule has 0 bridgehead atoms. The van der Waals surface area contributed by atoms with Gasteiger partial charge < -0.3 is 15.3 Å². The van der Waals surface area contributed by atoms with Crippen LogP contribution in [-0.4, -0.2) is 49.3 Å². The van der Waals surface area contributed by atoms with E-state index in [9.17, 15) is 4.79 Å². The number of rotatable bonds is 6. The molecule has 0 aliphatic carbocycles. The zero-order valence-corrected chi connectivity index (χ0v) is 13.6. The van der Waals surface area contributed by atoms with Crippen molar-refractivity contribution in [3.63, 3.8) is 0 Å². The van der Waals surface area contributed by atoms with E-state index in [1.165, 1.54) is 0 Å². The molecular weight excluding hydrogens is 434 g/mol. The summed E-state index contributed by atoms with van der Waals surface area (Å²) in [5.74, 6) is -1.01. The van der Waals surface area contributed by atoms with Crippen molar-refractivity contribution in [2.45, 2.75) is 25.3 Å². The minimum absolute atomic E-state index is 0.468. The summed E-state index contributed by atoms with van der Waals surface area (Å²) in [6.07, 6.45) is 2.29. The maximum atomic E-state index is 10.3. The molecule has 0 heterocycles. The van der Waals surface area contributed by atoms with Crippen molar-refractivity contribution in [3.05, 3.63) is 5.73 Å². The molecule has 1 atom stereocenters. The van der Waals surface area contributed by atoms with E-state index in [0.29, 0.717) is 6.42 Å². The average Bonchev–Trinajstić information content (AvgIpc) is 2.11. The summed E-state index contributed by atoms with van der Waals surface area (Å²) < 4.78 is 0.899. The third-order valence-electron chi connectivity index (χ3n) is 1.87. The van der Waals surface area contributed by atoms with Gasteiger partial charge in [0, 0.05) is 0 Å². The van der Waals surface area contributed by atoms with E-state index in [-0.39, 0.29) is 0 Å². The fourth-order valence-electron chi connectivity index (χ4n) is 1.06. The van der Waals surface area contributed by atoms with Crippen LogP contribution >= 0.6 is 18.8 Å². The summed E-state index contributed by atoms with van der Waals surface area (Å²) in [7, 11) is 16.1. The minimum atomic E-state index is -1.01. The van der Waals surface area contributed by atoms with Gasteiger partial charge in [-0.25, -0.2) is 0 Å². The van der Waals surface area contributed by atoms with Crippen molar-refractivity contribution >= 4 is 24.8 Å². The molecule has 0 fully saturated rings. The monoisotopic (exact) mass is 453 g/mol. The first-order valence-electron chi connectivity index (χ1n) is 4.81. The third-order valence-corrected chi connectivity index (χ3v) is 1.87. The van der Waals surface area contributed by atoms with E-state index in [1.807, 2.05) is 0 Å². The van der Waals surface area contributed by atoms with E-state index in [0.717, 1.165) is 23.9 Å². The van der Waals surface area contributed by atoms with Crippen LogP contribution in [0.1, 0.15) is 19.3 Å². The van der Waals surface area contributed by atoms with Crippen LogP contribution in [0, 0.1) is 0 Å². The van der Waals surface area contributed by atoms with Gasteiger partial charge in [-0.05, 0) is 18.9 Å². The first-order chi connectivity index (χ1) is 7.24. The SMILES string of the molecule is C[N+](C)(C)CCCC[C@H]([NH-])C(=O)O.[Cl][Pt][Cl]. The zero-order valence-electron chi connectivity index (χ0n) is 9.78. The van der Waals surface area contributed by atoms with Crippen LogP contribution < -0.4 is 0 Å². The number of nitrogens with zero attached hydrogens (tertiary/aromatic N) is 1. The molecule has 2 N–H and O–H groups in total. The molecule has 0 aromatic heterocycles. The van der Waals surface area contributed by atoms with Crippen molar-refractivity contribution in [2.75, 3.05) is 27.7 Å². The van der Waals surface area contributed by atoms with Gasteiger partial charge in [0.25, 0.3) is 5.97 Å². The Kier molecular flexibility index (Phi) is 12.8. The molecule has 0 aliphatic heterocycles. The van der Waals surface area contributed by atoms with E-state index >= 15 is 0 Å². The van der Waals surface area contributed by atoms with Crippen LogP contribution in [0.15, 0.2) is 0 Å². The average molecular weight is 454 g/mol. The standard InChI is InChI=1S/C9H20N2O2.2ClH.Pt/c1-11(2,3)7-5-4-6-8(10)9(12)13;;;/h8,10H,4-7H2,1-3H3,(H,12,13);2*1H;/q;;;+2/p-2/t8-;;;/m0.../s1. The topological polar surface area (TPSA) is 61.1 Å². The number of nitrogens with one attached hydrogen (secondary N) is 1. The van der Waals surface area contributed by atoms with Gasteiger partial charge >= 0.3 is 35.3 Å². The van der Waals surface area contributed by atoms with Crippen LogP contribution in [0.2, 0.25) is 0 Å². The van der Waals surface area contributed by atoms with Gasteiger partial charge in [-0.3, -0.25) is 4.79 Å². The van der Waals surface area contributed by atoms with Crippen molar-refractivity contribution in [3.8, 4) is 0 Å². The van der Waals surface area contributed by atoms with Gasteiger partial charge in [0.15, 0.2) is 0 Å². The molecule has 0 radical (unpaired) electrons. The third kappa shape index (κ3) is 17.1. The predicted octanol–water partition coefficient (Wildman–Crippen LogP) is 2.74. The van der Waals surface area contributed by atoms with Gasteiger partial charge in [0.2, 0.25) is 0 Å². The zero-order chi connectivity index (χ0) is 13.2. The van der Waals surface area contributed by atoms with Gasteiger partial charge in [-0.15, -0.1) is 0 Å². The Balaban J connectivity index is 0. The van der Waals surface area contributed by atoms with Crippen LogP contribution in [-0.2, 0) is 21.3 Å². The summed E-state index contributed by atoms with van der Waals surface area (Å²) >= 11 is -0.472. The molecule has 0 aliphatic rings. The van der Waals surface area contributed by atoms with E-state index in [2.05, 4.69) is 21.1 Å². The molecule has 0 aromatic rings. The van der Waals surface area contributed by atoms with Crippen molar-refractivity contribution < 1.29 is 30.9 Å². The quantitative estimate of drug-likeness (QED) is 0.496. The number of hydrogen-bond acceptors (Lipinski definition) is 1. The van der Waals surface area contributed by atoms with Crippen molar-refractivity contribution in [1.82, 2.24) is 0 Å². The Bertz CT molecular complexity index is 189. The number of halogens is 2. The van der Waals surface area contributed by atoms with Crippen LogP contribution in [0.25, 0.3) is 5.73 Å². The molecule has 0 saturated heterocycles. The molecule has 16 heavy (non-hydrogen) atoms. The molecule has 0 unspecified atom stereocenters. The van der Waals surface area contributed by atoms with Crippen molar-refractivity contribution in [1.29, 1.82) is 0 Å². The Hall–Kier alpha value is 0.658. The van der Waals surface area contributed by atoms with Gasteiger partial charge in [0.1, 0.15) is 0 Å². The number of hydrogen-bond donors (Lipinski definition) is 1. The number of carboxylic acids is 1. The maximum absolute atomic E-state index is 10.3. The summed E-state index contributed by atoms with van der Waals surface area (Å²) in [5, 5.41) is 8.45. The van der Waals surface area contributed by atoms with E-state index in [1.54, 1.807) is 0 Å². The summed E-state index contributed by atoms with van der Waals surface area (Å²) in [4.78, 5) is 10.3. The first-order valence-corrected chi connectivity index (χ1v) is 10.4. The summed E-state index contributed by atoms with van der Waals surface area (Å²) in [6.45, 7) is 1.03.